The largest absolute Gasteiger partial charge is 0.296 e. The number of amides is 2. The Hall–Kier alpha value is -2.71. The molecule has 2 aromatic rings. The Kier molecular flexibility index (Phi) is 4.09. The van der Waals surface area contributed by atoms with Crippen LogP contribution in [0.1, 0.15) is 17.5 Å². The molecule has 114 valence electrons. The van der Waals surface area contributed by atoms with Gasteiger partial charge in [-0.05, 0) is 17.7 Å². The van der Waals surface area contributed by atoms with Crippen LogP contribution in [-0.2, 0) is 9.59 Å². The Morgan fingerprint density at radius 3 is 2.30 bits per heavy atom. The van der Waals surface area contributed by atoms with E-state index >= 15 is 0 Å². The number of hydrogen-bond acceptors (Lipinski definition) is 3. The number of nitriles is 1. The summed E-state index contributed by atoms with van der Waals surface area (Å²) in [7, 11) is 0. The van der Waals surface area contributed by atoms with Gasteiger partial charge in [0.1, 0.15) is 5.92 Å². The van der Waals surface area contributed by atoms with Gasteiger partial charge in [-0.25, -0.2) is 0 Å². The zero-order valence-electron chi connectivity index (χ0n) is 12.0. The SMILES string of the molecule is N#CC1C(=O)NC(=O)C([n+]2ccccc2)C1c1ccc(Cl)cc1. The molecule has 0 radical (unpaired) electrons. The van der Waals surface area contributed by atoms with Gasteiger partial charge in [-0.1, -0.05) is 29.8 Å². The summed E-state index contributed by atoms with van der Waals surface area (Å²) in [5, 5.41) is 12.3. The Morgan fingerprint density at radius 2 is 1.70 bits per heavy atom. The number of aromatic nitrogens is 1. The molecule has 3 rings (SSSR count). The molecule has 2 heterocycles. The number of pyridine rings is 1. The topological polar surface area (TPSA) is 73.8 Å². The van der Waals surface area contributed by atoms with E-state index in [4.69, 9.17) is 11.6 Å². The minimum absolute atomic E-state index is 0.419. The van der Waals surface area contributed by atoms with Gasteiger partial charge in [0.15, 0.2) is 12.4 Å². The Balaban J connectivity index is 2.13. The van der Waals surface area contributed by atoms with Crippen molar-refractivity contribution in [1.29, 1.82) is 5.26 Å². The van der Waals surface area contributed by atoms with E-state index in [9.17, 15) is 14.9 Å². The van der Waals surface area contributed by atoms with Crippen LogP contribution in [0.25, 0.3) is 0 Å². The van der Waals surface area contributed by atoms with Crippen molar-refractivity contribution in [1.82, 2.24) is 5.32 Å². The second-order valence-corrected chi connectivity index (χ2v) is 5.74. The lowest BCUT2D eigenvalue weighted by molar-refractivity contribution is -0.713. The van der Waals surface area contributed by atoms with Crippen LogP contribution < -0.4 is 9.88 Å². The number of hydrogen-bond donors (Lipinski definition) is 1. The standard InChI is InChI=1S/C17H12ClN3O2/c18-12-6-4-11(5-7-12)14-13(10-19)16(22)20-17(23)15(14)21-8-2-1-3-9-21/h1-9,13-15H/p+1. The van der Waals surface area contributed by atoms with E-state index in [-0.39, 0.29) is 0 Å². The molecule has 0 spiro atoms. The van der Waals surface area contributed by atoms with Crippen molar-refractivity contribution in [3.05, 3.63) is 65.4 Å². The molecule has 23 heavy (non-hydrogen) atoms. The van der Waals surface area contributed by atoms with Gasteiger partial charge in [0.2, 0.25) is 11.9 Å². The molecular formula is C17H13ClN3O2+. The molecule has 1 fully saturated rings. The number of imide groups is 1. The van der Waals surface area contributed by atoms with Gasteiger partial charge < -0.3 is 0 Å². The fraction of sp³-hybridized carbons (Fsp3) is 0.176. The van der Waals surface area contributed by atoms with Gasteiger partial charge >= 0.3 is 0 Å². The summed E-state index contributed by atoms with van der Waals surface area (Å²) in [4.78, 5) is 24.5. The molecule has 3 unspecified atom stereocenters. The predicted octanol–water partition coefficient (Wildman–Crippen LogP) is 1.75. The fourth-order valence-corrected chi connectivity index (χ4v) is 3.02. The number of nitrogens with one attached hydrogen (secondary N) is 1. The van der Waals surface area contributed by atoms with E-state index in [1.54, 1.807) is 53.4 Å². The van der Waals surface area contributed by atoms with E-state index in [2.05, 4.69) is 5.32 Å². The van der Waals surface area contributed by atoms with Crippen LogP contribution in [-0.4, -0.2) is 11.8 Å². The minimum Gasteiger partial charge on any atom is -0.289 e. The van der Waals surface area contributed by atoms with E-state index in [0.29, 0.717) is 5.02 Å². The third kappa shape index (κ3) is 2.81. The van der Waals surface area contributed by atoms with Crippen LogP contribution in [0.2, 0.25) is 5.02 Å². The van der Waals surface area contributed by atoms with Crippen molar-refractivity contribution in [2.45, 2.75) is 12.0 Å². The van der Waals surface area contributed by atoms with E-state index in [1.807, 2.05) is 12.1 Å². The second kappa shape index (κ2) is 6.19. The summed E-state index contributed by atoms with van der Waals surface area (Å²) in [6.45, 7) is 0. The second-order valence-electron chi connectivity index (χ2n) is 5.31. The van der Waals surface area contributed by atoms with E-state index in [1.165, 1.54) is 0 Å². The van der Waals surface area contributed by atoms with Crippen LogP contribution >= 0.6 is 11.6 Å². The zero-order chi connectivity index (χ0) is 16.4. The van der Waals surface area contributed by atoms with E-state index < -0.39 is 29.7 Å². The normalized spacial score (nSPS) is 23.9. The average Bonchev–Trinajstić information content (AvgIpc) is 2.56. The van der Waals surface area contributed by atoms with Crippen LogP contribution in [0.5, 0.6) is 0 Å². The average molecular weight is 327 g/mol. The quantitative estimate of drug-likeness (QED) is 0.675. The van der Waals surface area contributed by atoms with Gasteiger partial charge in [0.05, 0.1) is 12.0 Å². The highest BCUT2D eigenvalue weighted by molar-refractivity contribution is 6.30. The maximum absolute atomic E-state index is 12.4. The first kappa shape index (κ1) is 15.2. The molecule has 1 aliphatic heterocycles. The maximum Gasteiger partial charge on any atom is 0.296 e. The first-order chi connectivity index (χ1) is 11.1. The molecule has 2 amide bonds. The van der Waals surface area contributed by atoms with Crippen LogP contribution in [0.15, 0.2) is 54.9 Å². The molecule has 0 bridgehead atoms. The highest BCUT2D eigenvalue weighted by Gasteiger charge is 2.50. The van der Waals surface area contributed by atoms with Gasteiger partial charge in [0, 0.05) is 17.2 Å². The van der Waals surface area contributed by atoms with Crippen molar-refractivity contribution in [2.75, 3.05) is 0 Å². The maximum atomic E-state index is 12.4. The Morgan fingerprint density at radius 1 is 1.04 bits per heavy atom. The first-order valence-electron chi connectivity index (χ1n) is 7.07. The molecule has 3 atom stereocenters. The number of carbonyl (C=O) groups is 2. The number of piperidine rings is 1. The number of rotatable bonds is 2. The summed E-state index contributed by atoms with van der Waals surface area (Å²) in [5.41, 5.74) is 0.727. The molecule has 1 saturated heterocycles. The zero-order valence-corrected chi connectivity index (χ0v) is 12.8. The molecule has 0 saturated carbocycles. The summed E-state index contributed by atoms with van der Waals surface area (Å²) in [6.07, 6.45) is 3.49. The molecule has 1 aliphatic rings. The third-order valence-electron chi connectivity index (χ3n) is 3.95. The van der Waals surface area contributed by atoms with Crippen LogP contribution in [0.3, 0.4) is 0 Å². The lowest BCUT2D eigenvalue weighted by Crippen LogP contribution is -2.59. The predicted molar refractivity (Wildman–Crippen MR) is 82.1 cm³/mol. The van der Waals surface area contributed by atoms with Gasteiger partial charge in [-0.3, -0.25) is 14.9 Å². The lowest BCUT2D eigenvalue weighted by atomic mass is 9.77. The summed E-state index contributed by atoms with van der Waals surface area (Å²) in [5.74, 6) is -2.51. The Labute approximate surface area is 138 Å². The lowest BCUT2D eigenvalue weighted by Gasteiger charge is -2.30. The fourth-order valence-electron chi connectivity index (χ4n) is 2.90. The molecule has 1 aromatic carbocycles. The summed E-state index contributed by atoms with van der Waals surface area (Å²) in [6, 6.07) is 13.7. The molecular weight excluding hydrogens is 314 g/mol. The molecule has 1 N–H and O–H groups in total. The van der Waals surface area contributed by atoms with Crippen LogP contribution in [0, 0.1) is 17.2 Å². The molecule has 1 aromatic heterocycles. The monoisotopic (exact) mass is 326 g/mol. The van der Waals surface area contributed by atoms with Gasteiger partial charge in [-0.15, -0.1) is 0 Å². The molecule has 0 aliphatic carbocycles. The van der Waals surface area contributed by atoms with Crippen molar-refractivity contribution >= 4 is 23.4 Å². The third-order valence-corrected chi connectivity index (χ3v) is 4.20. The van der Waals surface area contributed by atoms with Crippen molar-refractivity contribution in [2.24, 2.45) is 5.92 Å². The number of carbonyl (C=O) groups excluding carboxylic acids is 2. The minimum atomic E-state index is -0.952. The molecule has 5 nitrogen and oxygen atoms in total. The van der Waals surface area contributed by atoms with Crippen LogP contribution in [0.4, 0.5) is 0 Å². The number of halogens is 1. The first-order valence-corrected chi connectivity index (χ1v) is 7.45. The van der Waals surface area contributed by atoms with Crippen molar-refractivity contribution < 1.29 is 14.2 Å². The van der Waals surface area contributed by atoms with E-state index in [0.717, 1.165) is 5.56 Å². The summed E-state index contributed by atoms with van der Waals surface area (Å²) >= 11 is 5.92. The highest BCUT2D eigenvalue weighted by Crippen LogP contribution is 2.36. The van der Waals surface area contributed by atoms with Gasteiger partial charge in [0.25, 0.3) is 5.91 Å². The number of benzene rings is 1. The summed E-state index contributed by atoms with van der Waals surface area (Å²) < 4.78 is 1.71. The molecule has 6 heteroatoms. The van der Waals surface area contributed by atoms with Crippen molar-refractivity contribution in [3.8, 4) is 6.07 Å². The van der Waals surface area contributed by atoms with Crippen molar-refractivity contribution in [3.63, 3.8) is 0 Å². The van der Waals surface area contributed by atoms with Gasteiger partial charge in [-0.2, -0.15) is 9.83 Å². The number of nitrogens with zero attached hydrogens (tertiary/aromatic N) is 2. The highest BCUT2D eigenvalue weighted by atomic mass is 35.5. The Bertz CT molecular complexity index is 784. The smallest absolute Gasteiger partial charge is 0.289 e.